The Labute approximate surface area is 59.7 Å². The van der Waals surface area contributed by atoms with Gasteiger partial charge in [-0.25, -0.2) is 0 Å². The Hall–Kier alpha value is 0.920. The molecular weight excluding hydrogens is 224 g/mol. The van der Waals surface area contributed by atoms with Crippen molar-refractivity contribution in [1.29, 1.82) is 0 Å². The van der Waals surface area contributed by atoms with Crippen LogP contribution in [-0.4, -0.2) is 16.4 Å². The van der Waals surface area contributed by atoms with E-state index in [1.54, 1.807) is 0 Å². The second kappa shape index (κ2) is 2.46. The number of ether oxygens (including phenoxy) is 1. The predicted octanol–water partition coefficient (Wildman–Crippen LogP) is 1.89. The van der Waals surface area contributed by atoms with Gasteiger partial charge in [-0.2, -0.15) is 0 Å². The molecule has 0 radical (unpaired) electrons. The van der Waals surface area contributed by atoms with E-state index < -0.39 is 0 Å². The predicted molar refractivity (Wildman–Crippen MR) is 36.0 cm³/mol. The molecule has 0 saturated carbocycles. The summed E-state index contributed by atoms with van der Waals surface area (Å²) in [6.07, 6.45) is 1.12. The lowest BCUT2D eigenvalue weighted by Gasteiger charge is -2.00. The van der Waals surface area contributed by atoms with Crippen LogP contribution in [0.25, 0.3) is 0 Å². The van der Waals surface area contributed by atoms with Gasteiger partial charge in [-0.05, 0) is 6.42 Å². The van der Waals surface area contributed by atoms with Crippen molar-refractivity contribution in [3.8, 4) is 0 Å². The van der Waals surface area contributed by atoms with Crippen molar-refractivity contribution < 1.29 is 4.74 Å². The maximum Gasteiger partial charge on any atom is 0.125 e. The Morgan fingerprint density at radius 3 is 2.29 bits per heavy atom. The molecule has 0 bridgehead atoms. The molecule has 0 aromatic heterocycles. The molecule has 0 aromatic rings. The molecule has 1 aliphatic heterocycles. The van der Waals surface area contributed by atoms with Crippen LogP contribution in [0.2, 0.25) is 0 Å². The van der Waals surface area contributed by atoms with E-state index in [2.05, 4.69) is 31.9 Å². The average molecular weight is 230 g/mol. The number of rotatable bonds is 0. The first-order chi connectivity index (χ1) is 3.30. The fraction of sp³-hybridized carbons (Fsp3) is 1.00. The highest BCUT2D eigenvalue weighted by Gasteiger charge is 2.21. The topological polar surface area (TPSA) is 9.23 Å². The van der Waals surface area contributed by atoms with Crippen molar-refractivity contribution in [3.63, 3.8) is 0 Å². The normalized spacial score (nSPS) is 42.0. The third kappa shape index (κ3) is 1.40. The van der Waals surface area contributed by atoms with Gasteiger partial charge in [0.05, 0.1) is 4.83 Å². The molecular formula is C4H6Br2O. The van der Waals surface area contributed by atoms with Crippen LogP contribution in [0.4, 0.5) is 0 Å². The van der Waals surface area contributed by atoms with Crippen LogP contribution >= 0.6 is 31.9 Å². The molecule has 1 heterocycles. The van der Waals surface area contributed by atoms with Crippen molar-refractivity contribution in [2.24, 2.45) is 0 Å². The third-order valence-electron chi connectivity index (χ3n) is 0.955. The van der Waals surface area contributed by atoms with Crippen molar-refractivity contribution in [2.45, 2.75) is 16.3 Å². The number of hydrogen-bond donors (Lipinski definition) is 0. The lowest BCUT2D eigenvalue weighted by Crippen LogP contribution is -2.04. The summed E-state index contributed by atoms with van der Waals surface area (Å²) in [5.41, 5.74) is 0. The second-order valence-corrected chi connectivity index (χ2v) is 3.61. The lowest BCUT2D eigenvalue weighted by atomic mass is 10.4. The minimum absolute atomic E-state index is 0.243. The second-order valence-electron chi connectivity index (χ2n) is 1.53. The van der Waals surface area contributed by atoms with Crippen LogP contribution in [0.3, 0.4) is 0 Å². The Morgan fingerprint density at radius 1 is 1.43 bits per heavy atom. The van der Waals surface area contributed by atoms with Gasteiger partial charge in [-0.1, -0.05) is 31.9 Å². The fourth-order valence-corrected chi connectivity index (χ4v) is 1.32. The molecule has 7 heavy (non-hydrogen) atoms. The molecule has 1 fully saturated rings. The largest absolute Gasteiger partial charge is 0.366 e. The Morgan fingerprint density at radius 2 is 2.14 bits per heavy atom. The first-order valence-corrected chi connectivity index (χ1v) is 4.03. The summed E-state index contributed by atoms with van der Waals surface area (Å²) < 4.78 is 5.13. The number of hydrogen-bond acceptors (Lipinski definition) is 1. The molecule has 0 unspecified atom stereocenters. The van der Waals surface area contributed by atoms with E-state index in [-0.39, 0.29) is 5.01 Å². The molecule has 1 aliphatic rings. The SMILES string of the molecule is Br[C@@H]1CCO[C@H]1Br. The third-order valence-corrected chi connectivity index (χ3v) is 3.50. The first-order valence-electron chi connectivity index (χ1n) is 2.20. The standard InChI is InChI=1S/C4H6Br2O/c5-3-1-2-7-4(3)6/h3-4H,1-2H2/t3-,4-/m1/s1. The molecule has 0 N–H and O–H groups in total. The highest BCUT2D eigenvalue weighted by molar-refractivity contribution is 9.12. The van der Waals surface area contributed by atoms with Crippen molar-refractivity contribution in [3.05, 3.63) is 0 Å². The Kier molecular flexibility index (Phi) is 2.13. The smallest absolute Gasteiger partial charge is 0.125 e. The van der Waals surface area contributed by atoms with E-state index in [0.717, 1.165) is 13.0 Å². The van der Waals surface area contributed by atoms with Gasteiger partial charge in [-0.3, -0.25) is 0 Å². The molecule has 1 rings (SSSR count). The molecule has 42 valence electrons. The quantitative estimate of drug-likeness (QED) is 0.577. The minimum Gasteiger partial charge on any atom is -0.366 e. The zero-order valence-corrected chi connectivity index (χ0v) is 6.91. The summed E-state index contributed by atoms with van der Waals surface area (Å²) in [7, 11) is 0. The maximum atomic E-state index is 5.13. The zero-order chi connectivity index (χ0) is 5.28. The summed E-state index contributed by atoms with van der Waals surface area (Å²) in [6, 6.07) is 0. The van der Waals surface area contributed by atoms with Gasteiger partial charge in [0.25, 0.3) is 0 Å². The molecule has 1 nitrogen and oxygen atoms in total. The molecule has 0 aromatic carbocycles. The van der Waals surface area contributed by atoms with E-state index in [1.807, 2.05) is 0 Å². The van der Waals surface area contributed by atoms with Gasteiger partial charge in [-0.15, -0.1) is 0 Å². The monoisotopic (exact) mass is 228 g/mol. The minimum atomic E-state index is 0.243. The van der Waals surface area contributed by atoms with E-state index in [1.165, 1.54) is 0 Å². The van der Waals surface area contributed by atoms with E-state index in [9.17, 15) is 0 Å². The summed E-state index contributed by atoms with van der Waals surface area (Å²) in [5, 5.41) is 0.243. The molecule has 0 amide bonds. The highest BCUT2D eigenvalue weighted by atomic mass is 79.9. The van der Waals surface area contributed by atoms with Crippen molar-refractivity contribution in [1.82, 2.24) is 0 Å². The average Bonchev–Trinajstić information content (AvgIpc) is 1.91. The highest BCUT2D eigenvalue weighted by Crippen LogP contribution is 2.24. The van der Waals surface area contributed by atoms with Gasteiger partial charge < -0.3 is 4.74 Å². The van der Waals surface area contributed by atoms with Crippen molar-refractivity contribution >= 4 is 31.9 Å². The summed E-state index contributed by atoms with van der Waals surface area (Å²) in [4.78, 5) is 0.521. The van der Waals surface area contributed by atoms with Crippen LogP contribution in [0.5, 0.6) is 0 Å². The van der Waals surface area contributed by atoms with Crippen molar-refractivity contribution in [2.75, 3.05) is 6.61 Å². The van der Waals surface area contributed by atoms with Crippen LogP contribution < -0.4 is 0 Å². The lowest BCUT2D eigenvalue weighted by molar-refractivity contribution is 0.180. The van der Waals surface area contributed by atoms with Crippen LogP contribution in [-0.2, 0) is 4.74 Å². The first kappa shape index (κ1) is 6.05. The zero-order valence-electron chi connectivity index (χ0n) is 3.73. The van der Waals surface area contributed by atoms with Gasteiger partial charge in [0.1, 0.15) is 5.01 Å². The molecule has 0 spiro atoms. The maximum absolute atomic E-state index is 5.13. The summed E-state index contributed by atoms with van der Waals surface area (Å²) in [6.45, 7) is 0.881. The summed E-state index contributed by atoms with van der Waals surface area (Å²) >= 11 is 6.77. The van der Waals surface area contributed by atoms with Gasteiger partial charge in [0.2, 0.25) is 0 Å². The van der Waals surface area contributed by atoms with Crippen LogP contribution in [0.15, 0.2) is 0 Å². The molecule has 3 heteroatoms. The van der Waals surface area contributed by atoms with E-state index in [0.29, 0.717) is 4.83 Å². The molecule has 2 atom stereocenters. The molecule has 0 aliphatic carbocycles. The van der Waals surface area contributed by atoms with Crippen LogP contribution in [0.1, 0.15) is 6.42 Å². The number of alkyl halides is 2. The fourth-order valence-electron chi connectivity index (χ4n) is 0.529. The van der Waals surface area contributed by atoms with E-state index in [4.69, 9.17) is 4.74 Å². The Bertz CT molecular complexity index is 58.7. The van der Waals surface area contributed by atoms with Gasteiger partial charge in [0.15, 0.2) is 0 Å². The van der Waals surface area contributed by atoms with Crippen LogP contribution in [0, 0.1) is 0 Å². The Balaban J connectivity index is 2.33. The molecule has 1 saturated heterocycles. The summed E-state index contributed by atoms with van der Waals surface area (Å²) in [5.74, 6) is 0. The van der Waals surface area contributed by atoms with Gasteiger partial charge in [0, 0.05) is 6.61 Å². The van der Waals surface area contributed by atoms with E-state index >= 15 is 0 Å². The number of halogens is 2. The van der Waals surface area contributed by atoms with Gasteiger partial charge >= 0.3 is 0 Å².